The number of hydrogen-bond acceptors (Lipinski definition) is 3. The highest BCUT2D eigenvalue weighted by atomic mass is 16.1. The van der Waals surface area contributed by atoms with Crippen LogP contribution in [0.2, 0.25) is 0 Å². The highest BCUT2D eigenvalue weighted by Gasteiger charge is 2.24. The Labute approximate surface area is 126 Å². The summed E-state index contributed by atoms with van der Waals surface area (Å²) in [4.78, 5) is 18.3. The Morgan fingerprint density at radius 3 is 2.57 bits per heavy atom. The molecule has 0 unspecified atom stereocenters. The van der Waals surface area contributed by atoms with Crippen LogP contribution in [-0.4, -0.2) is 34.9 Å². The molecule has 21 heavy (non-hydrogen) atoms. The van der Waals surface area contributed by atoms with Gasteiger partial charge in [0, 0.05) is 31.4 Å². The van der Waals surface area contributed by atoms with Crippen molar-refractivity contribution in [2.45, 2.75) is 51.1 Å². The van der Waals surface area contributed by atoms with Gasteiger partial charge in [0.15, 0.2) is 0 Å². The third kappa shape index (κ3) is 4.81. The lowest BCUT2D eigenvalue weighted by Crippen LogP contribution is -2.34. The van der Waals surface area contributed by atoms with E-state index in [1.807, 2.05) is 12.4 Å². The van der Waals surface area contributed by atoms with Crippen LogP contribution in [0.4, 0.5) is 0 Å². The van der Waals surface area contributed by atoms with Crippen molar-refractivity contribution in [3.63, 3.8) is 0 Å². The number of amides is 1. The smallest absolute Gasteiger partial charge is 0.220 e. The minimum Gasteiger partial charge on any atom is -0.353 e. The average Bonchev–Trinajstić information content (AvgIpc) is 3.32. The number of carbonyl (C=O) groups excluding carboxylic acids is 1. The molecule has 1 saturated heterocycles. The topological polar surface area (TPSA) is 45.2 Å². The lowest BCUT2D eigenvalue weighted by molar-refractivity contribution is -0.121. The molecule has 2 heterocycles. The molecule has 4 nitrogen and oxygen atoms in total. The van der Waals surface area contributed by atoms with E-state index in [-0.39, 0.29) is 5.91 Å². The van der Waals surface area contributed by atoms with E-state index in [0.29, 0.717) is 12.5 Å². The zero-order valence-corrected chi connectivity index (χ0v) is 12.6. The number of pyridine rings is 1. The van der Waals surface area contributed by atoms with E-state index in [0.717, 1.165) is 32.0 Å². The number of likely N-dealkylation sites (tertiary alicyclic amines) is 1. The zero-order chi connectivity index (χ0) is 14.5. The van der Waals surface area contributed by atoms with Gasteiger partial charge >= 0.3 is 0 Å². The van der Waals surface area contributed by atoms with E-state index in [1.165, 1.54) is 31.2 Å². The van der Waals surface area contributed by atoms with E-state index < -0.39 is 0 Å². The quantitative estimate of drug-likeness (QED) is 0.873. The number of hydrogen-bond donors (Lipinski definition) is 1. The second-order valence-corrected chi connectivity index (χ2v) is 6.46. The van der Waals surface area contributed by atoms with Crippen molar-refractivity contribution < 1.29 is 4.79 Å². The van der Waals surface area contributed by atoms with Crippen LogP contribution in [0, 0.1) is 5.92 Å². The fraction of sp³-hybridized carbons (Fsp3) is 0.647. The molecule has 1 N–H and O–H groups in total. The molecular weight excluding hydrogens is 262 g/mol. The summed E-state index contributed by atoms with van der Waals surface area (Å²) in [6.45, 7) is 3.33. The fourth-order valence-electron chi connectivity index (χ4n) is 3.04. The summed E-state index contributed by atoms with van der Waals surface area (Å²) >= 11 is 0. The van der Waals surface area contributed by atoms with Crippen molar-refractivity contribution in [1.82, 2.24) is 15.2 Å². The molecule has 1 amide bonds. The van der Waals surface area contributed by atoms with Gasteiger partial charge in [0.25, 0.3) is 0 Å². The van der Waals surface area contributed by atoms with Gasteiger partial charge in [0.2, 0.25) is 5.91 Å². The monoisotopic (exact) mass is 287 g/mol. The molecular formula is C17H25N3O. The van der Waals surface area contributed by atoms with Gasteiger partial charge in [-0.2, -0.15) is 0 Å². The third-order valence-electron chi connectivity index (χ3n) is 4.58. The molecule has 0 radical (unpaired) electrons. The summed E-state index contributed by atoms with van der Waals surface area (Å²) in [5.41, 5.74) is 1.34. The summed E-state index contributed by atoms with van der Waals surface area (Å²) in [7, 11) is 0. The average molecular weight is 287 g/mol. The molecule has 2 fully saturated rings. The summed E-state index contributed by atoms with van der Waals surface area (Å²) < 4.78 is 0. The maximum atomic E-state index is 11.7. The van der Waals surface area contributed by atoms with Crippen LogP contribution < -0.4 is 5.32 Å². The van der Waals surface area contributed by atoms with Gasteiger partial charge in [0.05, 0.1) is 0 Å². The number of aromatic nitrogens is 1. The number of carbonyl (C=O) groups is 1. The first kappa shape index (κ1) is 14.5. The van der Waals surface area contributed by atoms with E-state index in [9.17, 15) is 4.79 Å². The normalized spacial score (nSPS) is 20.4. The molecule has 0 bridgehead atoms. The van der Waals surface area contributed by atoms with Gasteiger partial charge in [-0.3, -0.25) is 14.7 Å². The first-order chi connectivity index (χ1) is 10.3. The van der Waals surface area contributed by atoms with E-state index in [2.05, 4.69) is 27.3 Å². The Kier molecular flexibility index (Phi) is 4.86. The molecule has 1 aromatic heterocycles. The second kappa shape index (κ2) is 7.03. The Morgan fingerprint density at radius 1 is 1.19 bits per heavy atom. The first-order valence-corrected chi connectivity index (χ1v) is 8.20. The van der Waals surface area contributed by atoms with Crippen LogP contribution in [0.3, 0.4) is 0 Å². The molecule has 0 spiro atoms. The predicted molar refractivity (Wildman–Crippen MR) is 82.6 cm³/mol. The Balaban J connectivity index is 1.33. The van der Waals surface area contributed by atoms with Crippen molar-refractivity contribution in [1.29, 1.82) is 0 Å². The summed E-state index contributed by atoms with van der Waals surface area (Å²) in [6, 6.07) is 4.68. The Hall–Kier alpha value is -1.42. The first-order valence-electron chi connectivity index (χ1n) is 8.20. The highest BCUT2D eigenvalue weighted by molar-refractivity contribution is 5.76. The van der Waals surface area contributed by atoms with Crippen LogP contribution in [0.15, 0.2) is 24.5 Å². The molecule has 1 aliphatic carbocycles. The molecule has 114 valence electrons. The molecule has 0 atom stereocenters. The van der Waals surface area contributed by atoms with Crippen LogP contribution in [-0.2, 0) is 11.3 Å². The maximum absolute atomic E-state index is 11.7. The highest BCUT2D eigenvalue weighted by Crippen LogP contribution is 2.24. The van der Waals surface area contributed by atoms with Crippen LogP contribution >= 0.6 is 0 Å². The largest absolute Gasteiger partial charge is 0.353 e. The number of nitrogens with one attached hydrogen (secondary N) is 1. The lowest BCUT2D eigenvalue weighted by atomic mass is 9.92. The minimum absolute atomic E-state index is 0.261. The van der Waals surface area contributed by atoms with Gasteiger partial charge in [0.1, 0.15) is 0 Å². The van der Waals surface area contributed by atoms with Crippen molar-refractivity contribution in [2.24, 2.45) is 5.92 Å². The maximum Gasteiger partial charge on any atom is 0.220 e. The van der Waals surface area contributed by atoms with Crippen LogP contribution in [0.25, 0.3) is 0 Å². The summed E-state index contributed by atoms with van der Waals surface area (Å²) in [5.74, 6) is 0.986. The van der Waals surface area contributed by atoms with Crippen LogP contribution in [0.5, 0.6) is 0 Å². The Morgan fingerprint density at radius 2 is 1.90 bits per heavy atom. The molecule has 3 rings (SSSR count). The van der Waals surface area contributed by atoms with Gasteiger partial charge in [-0.25, -0.2) is 0 Å². The van der Waals surface area contributed by atoms with Gasteiger partial charge in [-0.1, -0.05) is 0 Å². The van der Waals surface area contributed by atoms with Crippen LogP contribution in [0.1, 0.15) is 44.1 Å². The van der Waals surface area contributed by atoms with Gasteiger partial charge < -0.3 is 5.32 Å². The third-order valence-corrected chi connectivity index (χ3v) is 4.58. The molecule has 0 aromatic carbocycles. The standard InChI is InChI=1S/C17H25N3O/c21-17(19-16-2-3-16)4-1-14-7-11-20(12-8-14)13-15-5-9-18-10-6-15/h5-6,9-10,14,16H,1-4,7-8,11-13H2,(H,19,21). The number of piperidine rings is 1. The summed E-state index contributed by atoms with van der Waals surface area (Å²) in [6.07, 6.45) is 10.3. The van der Waals surface area contributed by atoms with Gasteiger partial charge in [-0.05, 0) is 68.8 Å². The molecule has 4 heteroatoms. The van der Waals surface area contributed by atoms with E-state index >= 15 is 0 Å². The van der Waals surface area contributed by atoms with Gasteiger partial charge in [-0.15, -0.1) is 0 Å². The van der Waals surface area contributed by atoms with Crippen molar-refractivity contribution >= 4 is 5.91 Å². The molecule has 1 aromatic rings. The molecule has 1 aliphatic heterocycles. The Bertz CT molecular complexity index is 450. The fourth-order valence-corrected chi connectivity index (χ4v) is 3.04. The van der Waals surface area contributed by atoms with Crippen molar-refractivity contribution in [3.05, 3.63) is 30.1 Å². The van der Waals surface area contributed by atoms with Crippen molar-refractivity contribution in [3.8, 4) is 0 Å². The molecule has 2 aliphatic rings. The predicted octanol–water partition coefficient (Wildman–Crippen LogP) is 2.35. The molecule has 1 saturated carbocycles. The number of rotatable bonds is 6. The summed E-state index contributed by atoms with van der Waals surface area (Å²) in [5, 5.41) is 3.08. The minimum atomic E-state index is 0.261. The zero-order valence-electron chi connectivity index (χ0n) is 12.6. The van der Waals surface area contributed by atoms with E-state index in [4.69, 9.17) is 0 Å². The lowest BCUT2D eigenvalue weighted by Gasteiger charge is -2.31. The number of nitrogens with zero attached hydrogens (tertiary/aromatic N) is 2. The van der Waals surface area contributed by atoms with Crippen molar-refractivity contribution in [2.75, 3.05) is 13.1 Å². The van der Waals surface area contributed by atoms with E-state index in [1.54, 1.807) is 0 Å². The second-order valence-electron chi connectivity index (χ2n) is 6.46. The SMILES string of the molecule is O=C(CCC1CCN(Cc2ccncc2)CC1)NC1CC1.